The summed E-state index contributed by atoms with van der Waals surface area (Å²) in [6, 6.07) is 3.77. The molecule has 0 aliphatic heterocycles. The van der Waals surface area contributed by atoms with E-state index in [9.17, 15) is 24.5 Å². The van der Waals surface area contributed by atoms with Gasteiger partial charge >= 0.3 is 17.9 Å². The minimum Gasteiger partial charge on any atom is -0.465 e. The normalized spacial score (nSPS) is 10.3. The van der Waals surface area contributed by atoms with Gasteiger partial charge in [0.25, 0.3) is 5.69 Å². The summed E-state index contributed by atoms with van der Waals surface area (Å²) in [4.78, 5) is 47.4. The molecule has 1 aromatic heterocycles. The van der Waals surface area contributed by atoms with E-state index in [1.54, 1.807) is 0 Å². The number of esters is 3. The molecule has 3 N–H and O–H groups in total. The maximum atomic E-state index is 12.5. The predicted molar refractivity (Wildman–Crippen MR) is 114 cm³/mol. The molecule has 1 aromatic carbocycles. The van der Waals surface area contributed by atoms with Crippen molar-refractivity contribution in [2.24, 2.45) is 0 Å². The summed E-state index contributed by atoms with van der Waals surface area (Å²) in [6.07, 6.45) is 0. The van der Waals surface area contributed by atoms with Crippen LogP contribution in [-0.2, 0) is 25.6 Å². The minimum absolute atomic E-state index is 0.00887. The van der Waals surface area contributed by atoms with Crippen LogP contribution in [0.2, 0.25) is 0 Å². The van der Waals surface area contributed by atoms with Gasteiger partial charge in [0.2, 0.25) is 0 Å². The predicted octanol–water partition coefficient (Wildman–Crippen LogP) is 2.23. The van der Waals surface area contributed by atoms with Crippen molar-refractivity contribution in [1.82, 2.24) is 0 Å². The molecule has 0 radical (unpaired) electrons. The van der Waals surface area contributed by atoms with E-state index in [4.69, 9.17) is 15.2 Å². The summed E-state index contributed by atoms with van der Waals surface area (Å²) in [6.45, 7) is 0.145. The maximum Gasteiger partial charge on any atom is 0.348 e. The third-order valence-electron chi connectivity index (χ3n) is 4.19. The van der Waals surface area contributed by atoms with Crippen molar-refractivity contribution in [3.63, 3.8) is 0 Å². The fourth-order valence-electron chi connectivity index (χ4n) is 2.67. The Labute approximate surface area is 186 Å². The van der Waals surface area contributed by atoms with E-state index in [0.717, 1.165) is 31.6 Å². The van der Waals surface area contributed by atoms with Gasteiger partial charge in [-0.15, -0.1) is 11.3 Å². The molecule has 0 aliphatic rings. The number of nitrogen functional groups attached to an aromatic ring is 1. The van der Waals surface area contributed by atoms with Crippen LogP contribution in [0.4, 0.5) is 16.4 Å². The molecule has 12 nitrogen and oxygen atoms in total. The van der Waals surface area contributed by atoms with E-state index >= 15 is 0 Å². The van der Waals surface area contributed by atoms with Crippen LogP contribution in [0.5, 0.6) is 0 Å². The molecule has 0 spiro atoms. The van der Waals surface area contributed by atoms with E-state index in [1.165, 1.54) is 19.2 Å². The lowest BCUT2D eigenvalue weighted by atomic mass is 10.1. The van der Waals surface area contributed by atoms with Gasteiger partial charge in [0, 0.05) is 25.3 Å². The number of carbonyl (C=O) groups excluding carboxylic acids is 3. The molecule has 2 aromatic rings. The molecule has 0 saturated carbocycles. The van der Waals surface area contributed by atoms with Crippen LogP contribution in [0.15, 0.2) is 18.2 Å². The highest BCUT2D eigenvalue weighted by atomic mass is 32.1. The van der Waals surface area contributed by atoms with E-state index < -0.39 is 29.4 Å². The first-order valence-corrected chi connectivity index (χ1v) is 9.82. The monoisotopic (exact) mass is 467 g/mol. The number of thiophene rings is 1. The molecule has 1 heterocycles. The Kier molecular flexibility index (Phi) is 8.49. The van der Waals surface area contributed by atoms with Crippen LogP contribution in [-0.4, -0.2) is 57.3 Å². The highest BCUT2D eigenvalue weighted by molar-refractivity contribution is 7.18. The Hall–Kier alpha value is -3.71. The number of nitro benzene ring substituents is 1. The van der Waals surface area contributed by atoms with Gasteiger partial charge < -0.3 is 30.0 Å². The van der Waals surface area contributed by atoms with E-state index in [1.807, 2.05) is 0 Å². The first kappa shape index (κ1) is 24.6. The first-order valence-electron chi connectivity index (χ1n) is 9.01. The average molecular weight is 467 g/mol. The van der Waals surface area contributed by atoms with Gasteiger partial charge in [-0.3, -0.25) is 10.1 Å². The number of carbonyl (C=O) groups is 3. The molecule has 32 heavy (non-hydrogen) atoms. The lowest BCUT2D eigenvalue weighted by Gasteiger charge is -2.10. The Balaban J connectivity index is 2.29. The number of nitro groups is 1. The number of methoxy groups -OCH3 is 3. The van der Waals surface area contributed by atoms with Crippen LogP contribution in [0.25, 0.3) is 0 Å². The number of hydrogen-bond donors (Lipinski definition) is 2. The fraction of sp³-hybridized carbons (Fsp3) is 0.316. The zero-order valence-electron chi connectivity index (χ0n) is 17.5. The summed E-state index contributed by atoms with van der Waals surface area (Å²) in [5, 5.41) is 14.2. The largest absolute Gasteiger partial charge is 0.465 e. The highest BCUT2D eigenvalue weighted by Gasteiger charge is 2.28. The van der Waals surface area contributed by atoms with Crippen LogP contribution in [0.3, 0.4) is 0 Å². The Morgan fingerprint density at radius 3 is 2.41 bits per heavy atom. The quantitative estimate of drug-likeness (QED) is 0.173. The lowest BCUT2D eigenvalue weighted by molar-refractivity contribution is -0.384. The zero-order chi connectivity index (χ0) is 23.8. The standard InChI is InChI=1S/C19H21N3O9S/c1-28-7-6-21-12-5-4-10(8-13(12)22(26)27)17(23)31-9-11-14(18(24)29-2)16(20)32-15(11)19(25)30-3/h4-5,8,21H,6-7,9,20H2,1-3H3. The highest BCUT2D eigenvalue weighted by Crippen LogP contribution is 2.33. The van der Waals surface area contributed by atoms with Crippen LogP contribution in [0, 0.1) is 10.1 Å². The Morgan fingerprint density at radius 2 is 1.81 bits per heavy atom. The molecule has 2 rings (SSSR count). The molecule has 0 amide bonds. The minimum atomic E-state index is -0.909. The molecular weight excluding hydrogens is 446 g/mol. The van der Waals surface area contributed by atoms with Crippen molar-refractivity contribution in [1.29, 1.82) is 0 Å². The van der Waals surface area contributed by atoms with Crippen LogP contribution < -0.4 is 11.1 Å². The van der Waals surface area contributed by atoms with Crippen molar-refractivity contribution in [3.8, 4) is 0 Å². The molecule has 0 unspecified atom stereocenters. The summed E-state index contributed by atoms with van der Waals surface area (Å²) < 4.78 is 19.4. The third-order valence-corrected chi connectivity index (χ3v) is 5.24. The van der Waals surface area contributed by atoms with Gasteiger partial charge in [-0.05, 0) is 12.1 Å². The molecule has 0 saturated heterocycles. The topological polar surface area (TPSA) is 169 Å². The number of nitrogens with two attached hydrogens (primary N) is 1. The van der Waals surface area contributed by atoms with Crippen molar-refractivity contribution >= 4 is 45.6 Å². The second kappa shape index (κ2) is 11.1. The number of ether oxygens (including phenoxy) is 4. The molecule has 0 aliphatic carbocycles. The second-order valence-corrected chi connectivity index (χ2v) is 7.17. The van der Waals surface area contributed by atoms with Crippen molar-refractivity contribution in [3.05, 3.63) is 49.9 Å². The van der Waals surface area contributed by atoms with Gasteiger partial charge in [-0.2, -0.15) is 0 Å². The zero-order valence-corrected chi connectivity index (χ0v) is 18.3. The van der Waals surface area contributed by atoms with E-state index in [0.29, 0.717) is 13.2 Å². The fourth-order valence-corrected chi connectivity index (χ4v) is 3.65. The van der Waals surface area contributed by atoms with Crippen molar-refractivity contribution in [2.75, 3.05) is 45.5 Å². The number of nitrogens with one attached hydrogen (secondary N) is 1. The average Bonchev–Trinajstić information content (AvgIpc) is 3.12. The Morgan fingerprint density at radius 1 is 1.12 bits per heavy atom. The molecule has 0 fully saturated rings. The number of rotatable bonds is 10. The summed E-state index contributed by atoms with van der Waals surface area (Å²) in [5.74, 6) is -2.50. The van der Waals surface area contributed by atoms with Gasteiger partial charge in [0.15, 0.2) is 0 Å². The molecule has 0 bridgehead atoms. The van der Waals surface area contributed by atoms with Gasteiger partial charge in [-0.25, -0.2) is 14.4 Å². The smallest absolute Gasteiger partial charge is 0.348 e. The van der Waals surface area contributed by atoms with E-state index in [2.05, 4.69) is 14.8 Å². The second-order valence-electron chi connectivity index (χ2n) is 6.12. The van der Waals surface area contributed by atoms with Gasteiger partial charge in [-0.1, -0.05) is 0 Å². The number of nitrogens with zero attached hydrogens (tertiary/aromatic N) is 1. The summed E-state index contributed by atoms with van der Waals surface area (Å²) in [7, 11) is 3.77. The summed E-state index contributed by atoms with van der Waals surface area (Å²) >= 11 is 0.786. The van der Waals surface area contributed by atoms with Gasteiger partial charge in [0.05, 0.1) is 31.3 Å². The van der Waals surface area contributed by atoms with Crippen LogP contribution in [0.1, 0.15) is 36.0 Å². The molecular formula is C19H21N3O9S. The van der Waals surface area contributed by atoms with E-state index in [-0.39, 0.29) is 37.9 Å². The number of anilines is 2. The first-order chi connectivity index (χ1) is 15.2. The van der Waals surface area contributed by atoms with Crippen molar-refractivity contribution < 1.29 is 38.3 Å². The molecule has 13 heteroatoms. The maximum absolute atomic E-state index is 12.5. The third kappa shape index (κ3) is 5.50. The number of benzene rings is 1. The summed E-state index contributed by atoms with van der Waals surface area (Å²) in [5.41, 5.74) is 5.50. The van der Waals surface area contributed by atoms with Crippen LogP contribution >= 0.6 is 11.3 Å². The lowest BCUT2D eigenvalue weighted by Crippen LogP contribution is -2.13. The van der Waals surface area contributed by atoms with Gasteiger partial charge in [0.1, 0.15) is 27.7 Å². The SMILES string of the molecule is COCCNc1ccc(C(=O)OCc2c(C(=O)OC)sc(N)c2C(=O)OC)cc1[N+](=O)[O-]. The van der Waals surface area contributed by atoms with Crippen molar-refractivity contribution in [2.45, 2.75) is 6.61 Å². The Bertz CT molecular complexity index is 1040. The molecule has 0 atom stereocenters. The molecule has 172 valence electrons. The number of hydrogen-bond acceptors (Lipinski definition) is 12.